The predicted octanol–water partition coefficient (Wildman–Crippen LogP) is 1.41. The van der Waals surface area contributed by atoms with E-state index >= 15 is 0 Å². The Kier molecular flexibility index (Phi) is 3.79. The first kappa shape index (κ1) is 13.1. The Balaban J connectivity index is 1.88. The van der Waals surface area contributed by atoms with Crippen LogP contribution in [0.3, 0.4) is 0 Å². The Hall–Kier alpha value is -2.37. The van der Waals surface area contributed by atoms with Crippen molar-refractivity contribution in [2.24, 2.45) is 0 Å². The number of nitrogens with one attached hydrogen (secondary N) is 2. The fourth-order valence-electron chi connectivity index (χ4n) is 1.80. The van der Waals surface area contributed by atoms with Crippen molar-refractivity contribution in [2.75, 3.05) is 12.3 Å². The number of hydrogen-bond acceptors (Lipinski definition) is 3. The predicted molar refractivity (Wildman–Crippen MR) is 70.2 cm³/mol. The molecule has 2 aromatic rings. The maximum atomic E-state index is 12.9. The van der Waals surface area contributed by atoms with Crippen LogP contribution in [0.2, 0.25) is 0 Å². The smallest absolute Gasteiger partial charge is 0.269 e. The van der Waals surface area contributed by atoms with E-state index in [2.05, 4.69) is 15.5 Å². The Morgan fingerprint density at radius 3 is 2.89 bits per heavy atom. The number of carbonyl (C=O) groups excluding carboxylic acids is 1. The van der Waals surface area contributed by atoms with Crippen molar-refractivity contribution in [1.29, 1.82) is 0 Å². The fraction of sp³-hybridized carbons (Fsp3) is 0.231. The summed E-state index contributed by atoms with van der Waals surface area (Å²) in [4.78, 5) is 11.7. The molecular weight excluding hydrogens is 247 g/mol. The molecule has 0 bridgehead atoms. The average molecular weight is 262 g/mol. The highest BCUT2D eigenvalue weighted by molar-refractivity contribution is 5.92. The highest BCUT2D eigenvalue weighted by Gasteiger charge is 2.08. The molecule has 1 amide bonds. The van der Waals surface area contributed by atoms with Gasteiger partial charge in [-0.1, -0.05) is 6.07 Å². The van der Waals surface area contributed by atoms with Gasteiger partial charge >= 0.3 is 0 Å². The monoisotopic (exact) mass is 262 g/mol. The number of amides is 1. The maximum absolute atomic E-state index is 12.9. The van der Waals surface area contributed by atoms with Crippen LogP contribution in [0, 0.1) is 12.7 Å². The number of H-pyrrole nitrogens is 1. The lowest BCUT2D eigenvalue weighted by atomic mass is 10.1. The number of benzene rings is 1. The first-order valence-electron chi connectivity index (χ1n) is 5.90. The first-order valence-corrected chi connectivity index (χ1v) is 5.90. The number of rotatable bonds is 4. The Morgan fingerprint density at radius 2 is 2.26 bits per heavy atom. The van der Waals surface area contributed by atoms with Crippen molar-refractivity contribution in [3.05, 3.63) is 46.9 Å². The summed E-state index contributed by atoms with van der Waals surface area (Å²) in [6.07, 6.45) is 0.640. The highest BCUT2D eigenvalue weighted by Crippen LogP contribution is 2.10. The molecule has 0 aliphatic heterocycles. The molecule has 0 spiro atoms. The first-order chi connectivity index (χ1) is 9.06. The molecule has 0 aliphatic carbocycles. The third kappa shape index (κ3) is 3.31. The summed E-state index contributed by atoms with van der Waals surface area (Å²) in [6.45, 7) is 2.31. The molecule has 0 aliphatic rings. The topological polar surface area (TPSA) is 83.8 Å². The normalized spacial score (nSPS) is 10.4. The SMILES string of the molecule is Cc1cc(F)ccc1CCNC(=O)c1cc(N)n[nH]1. The van der Waals surface area contributed by atoms with Crippen molar-refractivity contribution < 1.29 is 9.18 Å². The summed E-state index contributed by atoms with van der Waals surface area (Å²) < 4.78 is 12.9. The minimum Gasteiger partial charge on any atom is -0.382 e. The maximum Gasteiger partial charge on any atom is 0.269 e. The largest absolute Gasteiger partial charge is 0.382 e. The lowest BCUT2D eigenvalue weighted by Gasteiger charge is -2.07. The van der Waals surface area contributed by atoms with Gasteiger partial charge in [0.05, 0.1) is 0 Å². The number of aromatic amines is 1. The van der Waals surface area contributed by atoms with Crippen LogP contribution < -0.4 is 11.1 Å². The van der Waals surface area contributed by atoms with E-state index in [9.17, 15) is 9.18 Å². The Labute approximate surface area is 110 Å². The molecule has 0 unspecified atom stereocenters. The molecule has 0 saturated carbocycles. The zero-order chi connectivity index (χ0) is 13.8. The van der Waals surface area contributed by atoms with E-state index in [4.69, 9.17) is 5.73 Å². The van der Waals surface area contributed by atoms with Crippen LogP contribution >= 0.6 is 0 Å². The summed E-state index contributed by atoms with van der Waals surface area (Å²) in [6, 6.07) is 6.09. The van der Waals surface area contributed by atoms with E-state index in [0.717, 1.165) is 11.1 Å². The van der Waals surface area contributed by atoms with Gasteiger partial charge in [0.15, 0.2) is 0 Å². The van der Waals surface area contributed by atoms with Crippen molar-refractivity contribution in [3.8, 4) is 0 Å². The van der Waals surface area contributed by atoms with E-state index in [-0.39, 0.29) is 17.5 Å². The summed E-state index contributed by atoms with van der Waals surface area (Å²) in [5.41, 5.74) is 7.62. The summed E-state index contributed by atoms with van der Waals surface area (Å²) in [7, 11) is 0. The van der Waals surface area contributed by atoms with Gasteiger partial charge in [-0.25, -0.2) is 4.39 Å². The number of nitrogen functional groups attached to an aromatic ring is 1. The lowest BCUT2D eigenvalue weighted by Crippen LogP contribution is -2.26. The summed E-state index contributed by atoms with van der Waals surface area (Å²) >= 11 is 0. The molecule has 0 radical (unpaired) electrons. The van der Waals surface area contributed by atoms with Crippen LogP contribution in [-0.2, 0) is 6.42 Å². The molecule has 0 atom stereocenters. The second-order valence-corrected chi connectivity index (χ2v) is 4.28. The third-order valence-electron chi connectivity index (χ3n) is 2.83. The van der Waals surface area contributed by atoms with Gasteiger partial charge in [0.25, 0.3) is 5.91 Å². The second kappa shape index (κ2) is 5.51. The highest BCUT2D eigenvalue weighted by atomic mass is 19.1. The average Bonchev–Trinajstić information content (AvgIpc) is 2.78. The van der Waals surface area contributed by atoms with E-state index < -0.39 is 0 Å². The number of aryl methyl sites for hydroxylation is 1. The molecule has 0 fully saturated rings. The number of nitrogens with two attached hydrogens (primary N) is 1. The minimum atomic E-state index is -0.260. The summed E-state index contributed by atoms with van der Waals surface area (Å²) in [5.74, 6) is -0.235. The van der Waals surface area contributed by atoms with Crippen LogP contribution in [0.4, 0.5) is 10.2 Å². The zero-order valence-electron chi connectivity index (χ0n) is 10.5. The number of carbonyl (C=O) groups is 1. The molecule has 0 saturated heterocycles. The van der Waals surface area contributed by atoms with Gasteiger partial charge in [0, 0.05) is 12.6 Å². The van der Waals surface area contributed by atoms with Gasteiger partial charge in [0.1, 0.15) is 17.3 Å². The van der Waals surface area contributed by atoms with Crippen LogP contribution in [0.1, 0.15) is 21.6 Å². The number of halogens is 1. The number of hydrogen-bond donors (Lipinski definition) is 3. The van der Waals surface area contributed by atoms with Crippen LogP contribution in [-0.4, -0.2) is 22.6 Å². The molecule has 100 valence electrons. The van der Waals surface area contributed by atoms with Gasteiger partial charge in [0.2, 0.25) is 0 Å². The number of anilines is 1. The van der Waals surface area contributed by atoms with Crippen molar-refractivity contribution >= 4 is 11.7 Å². The molecule has 5 nitrogen and oxygen atoms in total. The van der Waals surface area contributed by atoms with Crippen molar-refractivity contribution in [2.45, 2.75) is 13.3 Å². The molecule has 6 heteroatoms. The van der Waals surface area contributed by atoms with Gasteiger partial charge in [-0.05, 0) is 36.6 Å². The van der Waals surface area contributed by atoms with Crippen molar-refractivity contribution in [1.82, 2.24) is 15.5 Å². The lowest BCUT2D eigenvalue weighted by molar-refractivity contribution is 0.0949. The van der Waals surface area contributed by atoms with E-state index in [1.165, 1.54) is 18.2 Å². The molecule has 2 rings (SSSR count). The molecule has 4 N–H and O–H groups in total. The fourth-order valence-corrected chi connectivity index (χ4v) is 1.80. The number of nitrogens with zero attached hydrogens (tertiary/aromatic N) is 1. The molecule has 1 aromatic heterocycles. The van der Waals surface area contributed by atoms with Gasteiger partial charge in [-0.3, -0.25) is 9.89 Å². The molecule has 1 aromatic carbocycles. The van der Waals surface area contributed by atoms with Gasteiger partial charge in [-0.2, -0.15) is 5.10 Å². The third-order valence-corrected chi connectivity index (χ3v) is 2.83. The zero-order valence-corrected chi connectivity index (χ0v) is 10.5. The quantitative estimate of drug-likeness (QED) is 0.779. The van der Waals surface area contributed by atoms with E-state index in [1.54, 1.807) is 6.07 Å². The molecule has 19 heavy (non-hydrogen) atoms. The van der Waals surface area contributed by atoms with Crippen molar-refractivity contribution in [3.63, 3.8) is 0 Å². The minimum absolute atomic E-state index is 0.252. The van der Waals surface area contributed by atoms with Crippen LogP contribution in [0.5, 0.6) is 0 Å². The Morgan fingerprint density at radius 1 is 1.47 bits per heavy atom. The summed E-state index contributed by atoms with van der Waals surface area (Å²) in [5, 5.41) is 8.96. The Bertz CT molecular complexity index is 594. The molecule has 1 heterocycles. The van der Waals surface area contributed by atoms with E-state index in [0.29, 0.717) is 18.7 Å². The van der Waals surface area contributed by atoms with Gasteiger partial charge < -0.3 is 11.1 Å². The second-order valence-electron chi connectivity index (χ2n) is 4.28. The van der Waals surface area contributed by atoms with Crippen LogP contribution in [0.25, 0.3) is 0 Å². The number of aromatic nitrogens is 2. The molecular formula is C13H15FN4O. The van der Waals surface area contributed by atoms with E-state index in [1.807, 2.05) is 6.92 Å². The van der Waals surface area contributed by atoms with Gasteiger partial charge in [-0.15, -0.1) is 0 Å². The van der Waals surface area contributed by atoms with Crippen LogP contribution in [0.15, 0.2) is 24.3 Å². The standard InChI is InChI=1S/C13H15FN4O/c1-8-6-10(14)3-2-9(8)4-5-16-13(19)11-7-12(15)18-17-11/h2-3,6-7H,4-5H2,1H3,(H,16,19)(H3,15,17,18).